The summed E-state index contributed by atoms with van der Waals surface area (Å²) in [5, 5.41) is 3.47. The summed E-state index contributed by atoms with van der Waals surface area (Å²) in [6.45, 7) is 11.0. The molecular formula is C17H27N3O. The van der Waals surface area contributed by atoms with Crippen molar-refractivity contribution in [1.29, 1.82) is 0 Å². The average molecular weight is 289 g/mol. The maximum atomic E-state index is 5.50. The van der Waals surface area contributed by atoms with E-state index in [9.17, 15) is 0 Å². The first-order valence-corrected chi connectivity index (χ1v) is 8.24. The molecule has 2 saturated heterocycles. The van der Waals surface area contributed by atoms with E-state index in [2.05, 4.69) is 39.4 Å². The highest BCUT2D eigenvalue weighted by Gasteiger charge is 2.25. The van der Waals surface area contributed by atoms with Crippen LogP contribution in [0, 0.1) is 0 Å². The Kier molecular flexibility index (Phi) is 5.12. The monoisotopic (exact) mass is 289 g/mol. The van der Waals surface area contributed by atoms with Gasteiger partial charge >= 0.3 is 0 Å². The molecule has 2 aliphatic rings. The van der Waals surface area contributed by atoms with E-state index in [-0.39, 0.29) is 0 Å². The van der Waals surface area contributed by atoms with E-state index in [4.69, 9.17) is 4.74 Å². The molecule has 4 heteroatoms. The molecule has 2 heterocycles. The third-order valence-corrected chi connectivity index (χ3v) is 4.60. The molecule has 0 radical (unpaired) electrons. The average Bonchev–Trinajstić information content (AvgIpc) is 3.05. The fraction of sp³-hybridized carbons (Fsp3) is 0.647. The summed E-state index contributed by atoms with van der Waals surface area (Å²) in [6.07, 6.45) is 1.32. The normalized spacial score (nSPS) is 24.3. The first-order chi connectivity index (χ1) is 10.3. The van der Waals surface area contributed by atoms with Gasteiger partial charge in [-0.3, -0.25) is 9.80 Å². The zero-order chi connectivity index (χ0) is 14.5. The fourth-order valence-corrected chi connectivity index (χ4v) is 3.35. The molecule has 1 N–H and O–H groups in total. The Labute approximate surface area is 128 Å². The highest BCUT2D eigenvalue weighted by atomic mass is 16.5. The van der Waals surface area contributed by atoms with Gasteiger partial charge in [0.2, 0.25) is 0 Å². The minimum Gasteiger partial charge on any atom is -0.494 e. The molecule has 2 fully saturated rings. The summed E-state index contributed by atoms with van der Waals surface area (Å²) in [7, 11) is 0. The maximum Gasteiger partial charge on any atom is 0.119 e. The van der Waals surface area contributed by atoms with Gasteiger partial charge in [-0.15, -0.1) is 0 Å². The number of nitrogens with zero attached hydrogens (tertiary/aromatic N) is 2. The molecule has 2 aliphatic heterocycles. The molecular weight excluding hydrogens is 262 g/mol. The van der Waals surface area contributed by atoms with E-state index in [0.29, 0.717) is 0 Å². The van der Waals surface area contributed by atoms with Crippen LogP contribution in [0.4, 0.5) is 0 Å². The van der Waals surface area contributed by atoms with Crippen molar-refractivity contribution >= 4 is 0 Å². The molecule has 0 saturated carbocycles. The molecule has 0 amide bonds. The minimum atomic E-state index is 0.733. The number of ether oxygens (including phenoxy) is 1. The third kappa shape index (κ3) is 3.96. The van der Waals surface area contributed by atoms with Crippen molar-refractivity contribution in [3.05, 3.63) is 29.8 Å². The third-order valence-electron chi connectivity index (χ3n) is 4.60. The summed E-state index contributed by atoms with van der Waals surface area (Å²) < 4.78 is 5.50. The van der Waals surface area contributed by atoms with Crippen LogP contribution >= 0.6 is 0 Å². The van der Waals surface area contributed by atoms with Gasteiger partial charge in [0.25, 0.3) is 0 Å². The highest BCUT2D eigenvalue weighted by Crippen LogP contribution is 2.16. The zero-order valence-corrected chi connectivity index (χ0v) is 13.1. The van der Waals surface area contributed by atoms with E-state index in [1.54, 1.807) is 0 Å². The molecule has 0 spiro atoms. The lowest BCUT2D eigenvalue weighted by Crippen LogP contribution is -2.50. The van der Waals surface area contributed by atoms with Gasteiger partial charge in [0.1, 0.15) is 5.75 Å². The van der Waals surface area contributed by atoms with Crippen LogP contribution in [0.5, 0.6) is 5.75 Å². The summed E-state index contributed by atoms with van der Waals surface area (Å²) in [4.78, 5) is 5.23. The molecule has 1 aromatic rings. The molecule has 0 aromatic heterocycles. The number of benzene rings is 1. The van der Waals surface area contributed by atoms with Gasteiger partial charge < -0.3 is 10.1 Å². The molecule has 0 aliphatic carbocycles. The zero-order valence-electron chi connectivity index (χ0n) is 13.1. The Morgan fingerprint density at radius 3 is 2.52 bits per heavy atom. The predicted molar refractivity (Wildman–Crippen MR) is 85.7 cm³/mol. The van der Waals surface area contributed by atoms with Crippen molar-refractivity contribution in [2.24, 2.45) is 0 Å². The minimum absolute atomic E-state index is 0.733. The molecule has 1 atom stereocenters. The summed E-state index contributed by atoms with van der Waals surface area (Å²) in [5.41, 5.74) is 1.38. The lowest BCUT2D eigenvalue weighted by atomic mass is 10.1. The van der Waals surface area contributed by atoms with Gasteiger partial charge in [0.05, 0.1) is 6.61 Å². The second-order valence-electron chi connectivity index (χ2n) is 6.04. The molecule has 0 bridgehead atoms. The predicted octanol–water partition coefficient (Wildman–Crippen LogP) is 1.56. The maximum absolute atomic E-state index is 5.50. The van der Waals surface area contributed by atoms with Gasteiger partial charge in [-0.1, -0.05) is 12.1 Å². The lowest BCUT2D eigenvalue weighted by Gasteiger charge is -2.37. The largest absolute Gasteiger partial charge is 0.494 e. The topological polar surface area (TPSA) is 27.7 Å². The Morgan fingerprint density at radius 1 is 1.14 bits per heavy atom. The van der Waals surface area contributed by atoms with Crippen LogP contribution in [-0.4, -0.2) is 61.7 Å². The summed E-state index contributed by atoms with van der Waals surface area (Å²) in [5.74, 6) is 0.972. The van der Waals surface area contributed by atoms with Crippen LogP contribution < -0.4 is 10.1 Å². The van der Waals surface area contributed by atoms with Gasteiger partial charge in [-0.05, 0) is 37.6 Å². The number of rotatable bonds is 5. The van der Waals surface area contributed by atoms with Gasteiger partial charge in [0, 0.05) is 45.3 Å². The first kappa shape index (κ1) is 14.8. The SMILES string of the molecule is CCOc1ccc(CN2CCN(C3CCNC3)CC2)cc1. The van der Waals surface area contributed by atoms with E-state index in [1.165, 1.54) is 51.3 Å². The fourth-order valence-electron chi connectivity index (χ4n) is 3.35. The number of hydrogen-bond donors (Lipinski definition) is 1. The van der Waals surface area contributed by atoms with Crippen LogP contribution in [0.2, 0.25) is 0 Å². The van der Waals surface area contributed by atoms with Crippen LogP contribution in [0.25, 0.3) is 0 Å². The van der Waals surface area contributed by atoms with E-state index >= 15 is 0 Å². The summed E-state index contributed by atoms with van der Waals surface area (Å²) >= 11 is 0. The first-order valence-electron chi connectivity index (χ1n) is 8.24. The van der Waals surface area contributed by atoms with Crippen molar-refractivity contribution in [2.45, 2.75) is 25.9 Å². The van der Waals surface area contributed by atoms with E-state index in [1.807, 2.05) is 6.92 Å². The van der Waals surface area contributed by atoms with Crippen molar-refractivity contribution in [1.82, 2.24) is 15.1 Å². The molecule has 21 heavy (non-hydrogen) atoms. The van der Waals surface area contributed by atoms with E-state index < -0.39 is 0 Å². The van der Waals surface area contributed by atoms with E-state index in [0.717, 1.165) is 24.9 Å². The second kappa shape index (κ2) is 7.25. The number of hydrogen-bond acceptors (Lipinski definition) is 4. The van der Waals surface area contributed by atoms with Crippen LogP contribution in [0.1, 0.15) is 18.9 Å². The molecule has 116 valence electrons. The molecule has 3 rings (SSSR count). The van der Waals surface area contributed by atoms with Crippen molar-refractivity contribution in [3.63, 3.8) is 0 Å². The van der Waals surface area contributed by atoms with Crippen molar-refractivity contribution < 1.29 is 4.74 Å². The van der Waals surface area contributed by atoms with Crippen LogP contribution in [-0.2, 0) is 6.54 Å². The smallest absolute Gasteiger partial charge is 0.119 e. The quantitative estimate of drug-likeness (QED) is 0.890. The van der Waals surface area contributed by atoms with Crippen molar-refractivity contribution in [3.8, 4) is 5.75 Å². The summed E-state index contributed by atoms with van der Waals surface area (Å²) in [6, 6.07) is 9.33. The van der Waals surface area contributed by atoms with Gasteiger partial charge in [-0.25, -0.2) is 0 Å². The lowest BCUT2D eigenvalue weighted by molar-refractivity contribution is 0.0981. The molecule has 1 aromatic carbocycles. The standard InChI is InChI=1S/C17H27N3O/c1-2-21-17-5-3-15(4-6-17)14-19-9-11-20(12-10-19)16-7-8-18-13-16/h3-6,16,18H,2,7-14H2,1H3. The van der Waals surface area contributed by atoms with Crippen LogP contribution in [0.3, 0.4) is 0 Å². The Morgan fingerprint density at radius 2 is 1.90 bits per heavy atom. The Balaban J connectivity index is 1.46. The Hall–Kier alpha value is -1.10. The van der Waals surface area contributed by atoms with Crippen molar-refractivity contribution in [2.75, 3.05) is 45.9 Å². The number of piperazine rings is 1. The second-order valence-corrected chi connectivity index (χ2v) is 6.04. The molecule has 1 unspecified atom stereocenters. The highest BCUT2D eigenvalue weighted by molar-refractivity contribution is 5.27. The Bertz CT molecular complexity index is 420. The molecule has 4 nitrogen and oxygen atoms in total. The van der Waals surface area contributed by atoms with Crippen LogP contribution in [0.15, 0.2) is 24.3 Å². The number of nitrogens with one attached hydrogen (secondary N) is 1. The van der Waals surface area contributed by atoms with Gasteiger partial charge in [-0.2, -0.15) is 0 Å². The van der Waals surface area contributed by atoms with Gasteiger partial charge in [0.15, 0.2) is 0 Å².